The number of aromatic nitrogens is 3. The number of H-pyrrole nitrogens is 1. The normalized spacial score (nSPS) is 10.9. The Bertz CT molecular complexity index is 1590. The second-order valence-corrected chi connectivity index (χ2v) is 9.11. The number of fused-ring (bicyclic) bond motifs is 1. The Morgan fingerprint density at radius 3 is 2.67 bits per heavy atom. The molecule has 0 fully saturated rings. The number of anilines is 4. The van der Waals surface area contributed by atoms with Gasteiger partial charge in [-0.1, -0.05) is 18.7 Å². The molecule has 0 atom stereocenters. The maximum absolute atomic E-state index is 13.9. The van der Waals surface area contributed by atoms with Crippen molar-refractivity contribution in [2.75, 3.05) is 56.9 Å². The lowest BCUT2D eigenvalue weighted by atomic mass is 10.1. The molecule has 1 amide bonds. The van der Waals surface area contributed by atoms with E-state index in [1.54, 1.807) is 24.3 Å². The van der Waals surface area contributed by atoms with E-state index >= 15 is 0 Å². The van der Waals surface area contributed by atoms with E-state index in [0.717, 1.165) is 12.2 Å². The number of aromatic amines is 1. The summed E-state index contributed by atoms with van der Waals surface area (Å²) in [5.41, 5.74) is 2.83. The third-order valence-corrected chi connectivity index (χ3v) is 6.07. The first-order chi connectivity index (χ1) is 18.7. The lowest BCUT2D eigenvalue weighted by molar-refractivity contribution is -0.111. The molecule has 2 aromatic carbocycles. The van der Waals surface area contributed by atoms with Gasteiger partial charge in [0.05, 0.1) is 35.1 Å². The van der Waals surface area contributed by atoms with Gasteiger partial charge in [0.1, 0.15) is 11.6 Å². The summed E-state index contributed by atoms with van der Waals surface area (Å²) in [6, 6.07) is 9.56. The van der Waals surface area contributed by atoms with Crippen LogP contribution >= 0.6 is 0 Å². The summed E-state index contributed by atoms with van der Waals surface area (Å²) in [7, 11) is 7.43. The van der Waals surface area contributed by atoms with Crippen LogP contribution in [0.4, 0.5) is 27.4 Å². The van der Waals surface area contributed by atoms with Crippen LogP contribution in [-0.4, -0.2) is 67.1 Å². The Morgan fingerprint density at radius 1 is 1.18 bits per heavy atom. The van der Waals surface area contributed by atoms with Crippen molar-refractivity contribution in [1.82, 2.24) is 19.9 Å². The summed E-state index contributed by atoms with van der Waals surface area (Å²) < 4.78 is 19.6. The standard InChI is InChI=1S/C28H30FN7O3/c1-6-25(37)32-21-13-22(24(39-5)14-23(21)36(4)11-10-35(2)3)33-28-31-16-20-26(34-28)19(15-30-27(20)38)17-8-7-9-18(29)12-17/h6-9,12-16H,1,10-11H2,2-5H3,(H,30,38)(H,32,37)(H,31,33,34). The second kappa shape index (κ2) is 11.7. The van der Waals surface area contributed by atoms with Crippen LogP contribution in [0.15, 0.2) is 66.2 Å². The molecule has 11 heteroatoms. The van der Waals surface area contributed by atoms with Gasteiger partial charge in [-0.05, 0) is 43.9 Å². The number of hydrogen-bond acceptors (Lipinski definition) is 8. The number of hydrogen-bond donors (Lipinski definition) is 3. The minimum absolute atomic E-state index is 0.179. The van der Waals surface area contributed by atoms with Crippen molar-refractivity contribution in [2.24, 2.45) is 0 Å². The summed E-state index contributed by atoms with van der Waals surface area (Å²) in [4.78, 5) is 40.3. The van der Waals surface area contributed by atoms with Crippen molar-refractivity contribution in [2.45, 2.75) is 0 Å². The van der Waals surface area contributed by atoms with E-state index in [2.05, 4.69) is 37.1 Å². The highest BCUT2D eigenvalue weighted by atomic mass is 19.1. The van der Waals surface area contributed by atoms with Crippen molar-refractivity contribution >= 4 is 39.8 Å². The number of likely N-dealkylation sites (N-methyl/N-ethyl adjacent to an activating group) is 2. The number of nitrogens with one attached hydrogen (secondary N) is 3. The lowest BCUT2D eigenvalue weighted by Crippen LogP contribution is -2.29. The number of ether oxygens (including phenoxy) is 1. The fraction of sp³-hybridized carbons (Fsp3) is 0.214. The van der Waals surface area contributed by atoms with Gasteiger partial charge in [0, 0.05) is 44.2 Å². The van der Waals surface area contributed by atoms with E-state index in [4.69, 9.17) is 4.74 Å². The molecule has 2 heterocycles. The van der Waals surface area contributed by atoms with Gasteiger partial charge in [0.25, 0.3) is 5.56 Å². The molecule has 3 N–H and O–H groups in total. The first kappa shape index (κ1) is 27.3. The van der Waals surface area contributed by atoms with E-state index in [1.165, 1.54) is 37.7 Å². The Morgan fingerprint density at radius 2 is 1.97 bits per heavy atom. The first-order valence-electron chi connectivity index (χ1n) is 12.1. The van der Waals surface area contributed by atoms with Crippen molar-refractivity contribution in [1.29, 1.82) is 0 Å². The minimum atomic E-state index is -0.409. The largest absolute Gasteiger partial charge is 0.494 e. The number of pyridine rings is 1. The number of methoxy groups -OCH3 is 1. The van der Waals surface area contributed by atoms with E-state index in [-0.39, 0.29) is 22.8 Å². The van der Waals surface area contributed by atoms with Gasteiger partial charge >= 0.3 is 0 Å². The van der Waals surface area contributed by atoms with E-state index in [1.807, 2.05) is 26.0 Å². The number of rotatable bonds is 10. The predicted octanol–water partition coefficient (Wildman–Crippen LogP) is 4.00. The molecular formula is C28H30FN7O3. The molecule has 0 radical (unpaired) electrons. The zero-order chi connectivity index (χ0) is 28.1. The molecule has 0 saturated carbocycles. The number of amides is 1. The Hall–Kier alpha value is -4.77. The van der Waals surface area contributed by atoms with Gasteiger partial charge in [-0.25, -0.2) is 14.4 Å². The van der Waals surface area contributed by atoms with Gasteiger partial charge in [0.2, 0.25) is 11.9 Å². The van der Waals surface area contributed by atoms with Crippen molar-refractivity contribution in [3.63, 3.8) is 0 Å². The summed E-state index contributed by atoms with van der Waals surface area (Å²) in [5.74, 6) is -0.111. The van der Waals surface area contributed by atoms with Gasteiger partial charge in [0.15, 0.2) is 0 Å². The fourth-order valence-corrected chi connectivity index (χ4v) is 4.00. The molecule has 202 valence electrons. The number of halogens is 1. The topological polar surface area (TPSA) is 115 Å². The van der Waals surface area contributed by atoms with Crippen molar-refractivity contribution in [3.05, 3.63) is 77.6 Å². The lowest BCUT2D eigenvalue weighted by Gasteiger charge is -2.26. The van der Waals surface area contributed by atoms with Crippen LogP contribution in [0.5, 0.6) is 5.75 Å². The first-order valence-corrected chi connectivity index (χ1v) is 12.1. The molecule has 0 aliphatic carbocycles. The molecule has 4 aromatic rings. The molecule has 10 nitrogen and oxygen atoms in total. The molecule has 0 spiro atoms. The monoisotopic (exact) mass is 531 g/mol. The fourth-order valence-electron chi connectivity index (χ4n) is 4.00. The zero-order valence-electron chi connectivity index (χ0n) is 22.2. The van der Waals surface area contributed by atoms with Crippen LogP contribution in [0.1, 0.15) is 0 Å². The number of carbonyl (C=O) groups excluding carboxylic acids is 1. The van der Waals surface area contributed by atoms with Crippen LogP contribution in [0, 0.1) is 5.82 Å². The third-order valence-electron chi connectivity index (χ3n) is 6.07. The van der Waals surface area contributed by atoms with E-state index < -0.39 is 5.82 Å². The van der Waals surface area contributed by atoms with E-state index in [9.17, 15) is 14.0 Å². The average molecular weight is 532 g/mol. The minimum Gasteiger partial charge on any atom is -0.494 e. The van der Waals surface area contributed by atoms with Crippen molar-refractivity contribution < 1.29 is 13.9 Å². The predicted molar refractivity (Wildman–Crippen MR) is 152 cm³/mol. The van der Waals surface area contributed by atoms with E-state index in [0.29, 0.717) is 40.3 Å². The molecule has 0 bridgehead atoms. The molecular weight excluding hydrogens is 501 g/mol. The molecule has 0 saturated heterocycles. The maximum Gasteiger partial charge on any atom is 0.259 e. The Kier molecular flexibility index (Phi) is 8.21. The van der Waals surface area contributed by atoms with Gasteiger partial charge in [-0.2, -0.15) is 0 Å². The number of carbonyl (C=O) groups is 1. The SMILES string of the molecule is C=CC(=O)Nc1cc(Nc2ncc3c(=O)[nH]cc(-c4cccc(F)c4)c3n2)c(OC)cc1N(C)CCN(C)C. The van der Waals surface area contributed by atoms with Crippen LogP contribution in [0.25, 0.3) is 22.0 Å². The third kappa shape index (κ3) is 6.21. The smallest absolute Gasteiger partial charge is 0.259 e. The molecule has 4 rings (SSSR count). The molecule has 2 aromatic heterocycles. The average Bonchev–Trinajstić information content (AvgIpc) is 2.92. The molecule has 0 aliphatic heterocycles. The van der Waals surface area contributed by atoms with Crippen LogP contribution in [0.3, 0.4) is 0 Å². The highest BCUT2D eigenvalue weighted by molar-refractivity contribution is 6.02. The Labute approximate surface area is 225 Å². The van der Waals surface area contributed by atoms with Crippen molar-refractivity contribution in [3.8, 4) is 16.9 Å². The van der Waals surface area contributed by atoms with Crippen LogP contribution in [-0.2, 0) is 4.79 Å². The summed E-state index contributed by atoms with van der Waals surface area (Å²) in [6.45, 7) is 5.04. The highest BCUT2D eigenvalue weighted by Crippen LogP contribution is 2.38. The van der Waals surface area contributed by atoms with Gasteiger partial charge < -0.3 is 30.2 Å². The number of benzene rings is 2. The van der Waals surface area contributed by atoms with Crippen LogP contribution < -0.4 is 25.8 Å². The van der Waals surface area contributed by atoms with Crippen LogP contribution in [0.2, 0.25) is 0 Å². The quantitative estimate of drug-likeness (QED) is 0.263. The summed E-state index contributed by atoms with van der Waals surface area (Å²) in [6.07, 6.45) is 4.10. The summed E-state index contributed by atoms with van der Waals surface area (Å²) in [5, 5.41) is 6.24. The van der Waals surface area contributed by atoms with Gasteiger partial charge in [-0.3, -0.25) is 9.59 Å². The second-order valence-electron chi connectivity index (χ2n) is 9.11. The highest BCUT2D eigenvalue weighted by Gasteiger charge is 2.17. The Balaban J connectivity index is 1.78. The molecule has 39 heavy (non-hydrogen) atoms. The molecule has 0 aliphatic rings. The maximum atomic E-state index is 13.9. The summed E-state index contributed by atoms with van der Waals surface area (Å²) >= 11 is 0. The number of nitrogens with zero attached hydrogens (tertiary/aromatic N) is 4. The zero-order valence-corrected chi connectivity index (χ0v) is 22.2. The van der Waals surface area contributed by atoms with Gasteiger partial charge in [-0.15, -0.1) is 0 Å². The molecule has 0 unspecified atom stereocenters.